The van der Waals surface area contributed by atoms with E-state index in [4.69, 9.17) is 18.9 Å². The van der Waals surface area contributed by atoms with Crippen molar-refractivity contribution in [2.24, 2.45) is 35.5 Å². The minimum absolute atomic E-state index is 0.0545. The van der Waals surface area contributed by atoms with Crippen LogP contribution in [-0.4, -0.2) is 24.8 Å². The van der Waals surface area contributed by atoms with Crippen molar-refractivity contribution in [3.8, 4) is 11.5 Å². The molecule has 0 heterocycles. The van der Waals surface area contributed by atoms with Crippen molar-refractivity contribution in [2.75, 3.05) is 13.6 Å². The number of ether oxygens (including phenoxy) is 4. The van der Waals surface area contributed by atoms with E-state index >= 15 is 0 Å². The summed E-state index contributed by atoms with van der Waals surface area (Å²) >= 11 is 2.40. The Morgan fingerprint density at radius 2 is 0.840 bits per heavy atom. The van der Waals surface area contributed by atoms with E-state index in [0.717, 1.165) is 47.0 Å². The van der Waals surface area contributed by atoms with Crippen LogP contribution in [0.25, 0.3) is 0 Å². The summed E-state index contributed by atoms with van der Waals surface area (Å²) in [4.78, 5) is 0. The first-order valence-electron chi connectivity index (χ1n) is 19.6. The molecule has 3 aromatic carbocycles. The Labute approximate surface area is 313 Å². The molecule has 0 atom stereocenters. The Hall–Kier alpha value is -2.09. The van der Waals surface area contributed by atoms with Crippen LogP contribution in [0.3, 0.4) is 0 Å². The van der Waals surface area contributed by atoms with E-state index in [1.54, 1.807) is 0 Å². The zero-order valence-corrected chi connectivity index (χ0v) is 32.7. The second kappa shape index (κ2) is 13.1. The van der Waals surface area contributed by atoms with Crippen LogP contribution in [0.4, 0.5) is 0 Å². The third-order valence-corrected chi connectivity index (χ3v) is 14.7. The maximum atomic E-state index is 6.67. The molecule has 8 aliphatic rings. The predicted octanol–water partition coefficient (Wildman–Crippen LogP) is 11.3. The molecular weight excluding hydrogens is 731 g/mol. The standard InChI is InChI=1S/C45H55IO4/c1-27-9-38(10-28(2)42(27)47-25-49-44-19-31-13-32(20-44)15-33(14-31)21-44)41(37-5-7-40(46)8-6-37)39-11-29(3)43(30(4)12-39)48-26-50-45-22-34-16-35(23-45)18-36(17-34)24-45/h5-12,31-36,41H,13-26H2,1-4H3. The van der Waals surface area contributed by atoms with E-state index in [2.05, 4.69) is 98.8 Å². The average Bonchev–Trinajstić information content (AvgIpc) is 3.03. The molecule has 11 rings (SSSR count). The van der Waals surface area contributed by atoms with Gasteiger partial charge in [0.25, 0.3) is 0 Å². The molecule has 0 aromatic heterocycles. The minimum Gasteiger partial charge on any atom is -0.467 e. The number of halogens is 1. The quantitative estimate of drug-likeness (QED) is 0.110. The Morgan fingerprint density at radius 3 is 1.16 bits per heavy atom. The van der Waals surface area contributed by atoms with E-state index < -0.39 is 0 Å². The third kappa shape index (κ3) is 6.44. The molecule has 266 valence electrons. The lowest BCUT2D eigenvalue weighted by molar-refractivity contribution is -0.191. The lowest BCUT2D eigenvalue weighted by atomic mass is 9.54. The minimum atomic E-state index is 0.0545. The summed E-state index contributed by atoms with van der Waals surface area (Å²) in [7, 11) is 0. The molecule has 0 amide bonds. The van der Waals surface area contributed by atoms with E-state index in [0.29, 0.717) is 13.6 Å². The maximum Gasteiger partial charge on any atom is 0.189 e. The molecule has 8 saturated carbocycles. The molecule has 3 aromatic rings. The van der Waals surface area contributed by atoms with Crippen molar-refractivity contribution < 1.29 is 18.9 Å². The Bertz CT molecular complexity index is 1520. The van der Waals surface area contributed by atoms with Crippen LogP contribution >= 0.6 is 22.6 Å². The van der Waals surface area contributed by atoms with Crippen LogP contribution in [0, 0.1) is 66.8 Å². The summed E-state index contributed by atoms with van der Waals surface area (Å²) in [6.45, 7) is 9.47. The second-order valence-corrected chi connectivity index (χ2v) is 19.2. The van der Waals surface area contributed by atoms with E-state index in [1.807, 2.05) is 0 Å². The number of hydrogen-bond acceptors (Lipinski definition) is 4. The Balaban J connectivity index is 0.932. The molecule has 0 N–H and O–H groups in total. The zero-order valence-electron chi connectivity index (χ0n) is 30.6. The van der Waals surface area contributed by atoms with Gasteiger partial charge in [0.2, 0.25) is 0 Å². The molecule has 0 spiro atoms. The fourth-order valence-corrected chi connectivity index (χ4v) is 13.2. The number of hydrogen-bond donors (Lipinski definition) is 0. The van der Waals surface area contributed by atoms with Crippen molar-refractivity contribution in [1.29, 1.82) is 0 Å². The Kier molecular flexibility index (Phi) is 8.83. The maximum absolute atomic E-state index is 6.67. The first-order chi connectivity index (χ1) is 24.1. The smallest absolute Gasteiger partial charge is 0.189 e. The van der Waals surface area contributed by atoms with Crippen LogP contribution < -0.4 is 9.47 Å². The highest BCUT2D eigenvalue weighted by Crippen LogP contribution is 2.58. The van der Waals surface area contributed by atoms with E-state index in [1.165, 1.54) is 120 Å². The van der Waals surface area contributed by atoms with Gasteiger partial charge in [0, 0.05) is 9.49 Å². The van der Waals surface area contributed by atoms with Gasteiger partial charge >= 0.3 is 0 Å². The molecule has 8 bridgehead atoms. The van der Waals surface area contributed by atoms with Gasteiger partial charge in [0.1, 0.15) is 11.5 Å². The van der Waals surface area contributed by atoms with Gasteiger partial charge in [-0.05, 0) is 214 Å². The van der Waals surface area contributed by atoms with Gasteiger partial charge in [-0.1, -0.05) is 36.4 Å². The summed E-state index contributed by atoms with van der Waals surface area (Å²) in [5.74, 6) is 7.25. The van der Waals surface area contributed by atoms with Crippen LogP contribution in [0.15, 0.2) is 48.5 Å². The van der Waals surface area contributed by atoms with E-state index in [9.17, 15) is 0 Å². The van der Waals surface area contributed by atoms with Crippen molar-refractivity contribution >= 4 is 22.6 Å². The monoisotopic (exact) mass is 786 g/mol. The molecule has 0 radical (unpaired) electrons. The Morgan fingerprint density at radius 1 is 0.520 bits per heavy atom. The highest BCUT2D eigenvalue weighted by Gasteiger charge is 2.53. The van der Waals surface area contributed by atoms with Crippen molar-refractivity contribution in [1.82, 2.24) is 0 Å². The fraction of sp³-hybridized carbons (Fsp3) is 0.600. The molecule has 5 heteroatoms. The highest BCUT2D eigenvalue weighted by molar-refractivity contribution is 14.1. The summed E-state index contributed by atoms with van der Waals surface area (Å²) in [6.07, 6.45) is 15.9. The highest BCUT2D eigenvalue weighted by atomic mass is 127. The molecular formula is C45H55IO4. The molecule has 0 saturated heterocycles. The summed E-state index contributed by atoms with van der Waals surface area (Å²) in [5.41, 5.74) is 8.64. The van der Waals surface area contributed by atoms with Crippen LogP contribution in [0.2, 0.25) is 0 Å². The number of benzene rings is 3. The fourth-order valence-electron chi connectivity index (χ4n) is 12.8. The lowest BCUT2D eigenvalue weighted by Gasteiger charge is -2.56. The second-order valence-electron chi connectivity index (χ2n) is 18.0. The molecule has 0 unspecified atom stereocenters. The molecule has 0 aliphatic heterocycles. The van der Waals surface area contributed by atoms with Gasteiger partial charge in [0.15, 0.2) is 13.6 Å². The van der Waals surface area contributed by atoms with Gasteiger partial charge in [-0.25, -0.2) is 0 Å². The topological polar surface area (TPSA) is 36.9 Å². The van der Waals surface area contributed by atoms with Crippen molar-refractivity contribution in [3.63, 3.8) is 0 Å². The summed E-state index contributed by atoms with van der Waals surface area (Å²) in [6, 6.07) is 18.4. The van der Waals surface area contributed by atoms with Crippen molar-refractivity contribution in [3.05, 3.63) is 91.0 Å². The predicted molar refractivity (Wildman–Crippen MR) is 207 cm³/mol. The third-order valence-electron chi connectivity index (χ3n) is 13.9. The van der Waals surface area contributed by atoms with Gasteiger partial charge in [-0.3, -0.25) is 0 Å². The summed E-state index contributed by atoms with van der Waals surface area (Å²) in [5, 5.41) is 0. The lowest BCUT2D eigenvalue weighted by Crippen LogP contribution is -2.52. The zero-order chi connectivity index (χ0) is 34.2. The van der Waals surface area contributed by atoms with E-state index in [-0.39, 0.29) is 17.1 Å². The average molecular weight is 787 g/mol. The van der Waals surface area contributed by atoms with Crippen LogP contribution in [0.1, 0.15) is 122 Å². The largest absolute Gasteiger partial charge is 0.467 e. The molecule has 8 fully saturated rings. The molecule has 8 aliphatic carbocycles. The molecule has 4 nitrogen and oxygen atoms in total. The van der Waals surface area contributed by atoms with Crippen LogP contribution in [0.5, 0.6) is 11.5 Å². The SMILES string of the molecule is Cc1cc(C(c2ccc(I)cc2)c2cc(C)c(OCOC34CC5CC(CC(C5)C3)C4)c(C)c2)cc(C)c1OCOC12CC3CC(CC(C3)C1)C2. The normalized spacial score (nSPS) is 33.9. The van der Waals surface area contributed by atoms with Gasteiger partial charge in [0.05, 0.1) is 11.2 Å². The van der Waals surface area contributed by atoms with Crippen molar-refractivity contribution in [2.45, 2.75) is 122 Å². The van der Waals surface area contributed by atoms with Gasteiger partial charge < -0.3 is 18.9 Å². The van der Waals surface area contributed by atoms with Gasteiger partial charge in [-0.15, -0.1) is 0 Å². The first kappa shape index (κ1) is 33.7. The molecule has 50 heavy (non-hydrogen) atoms. The summed E-state index contributed by atoms with van der Waals surface area (Å²) < 4.78 is 27.5. The number of rotatable bonds is 11. The number of aryl methyl sites for hydroxylation is 4. The van der Waals surface area contributed by atoms with Crippen LogP contribution in [-0.2, 0) is 9.47 Å². The van der Waals surface area contributed by atoms with Gasteiger partial charge in [-0.2, -0.15) is 0 Å². The first-order valence-corrected chi connectivity index (χ1v) is 20.7.